The Balaban J connectivity index is 0.000000260. The van der Waals surface area contributed by atoms with Gasteiger partial charge in [0.2, 0.25) is 0 Å². The molecule has 7 unspecified atom stereocenters. The molecule has 0 aliphatic heterocycles. The molecule has 0 bridgehead atoms. The fourth-order valence-electron chi connectivity index (χ4n) is 5.86. The van der Waals surface area contributed by atoms with Crippen molar-refractivity contribution in [2.75, 3.05) is 6.61 Å². The van der Waals surface area contributed by atoms with Gasteiger partial charge in [-0.3, -0.25) is 17.1 Å². The van der Waals surface area contributed by atoms with E-state index in [1.165, 1.54) is 11.1 Å². The summed E-state index contributed by atoms with van der Waals surface area (Å²) in [7, 11) is 0. The van der Waals surface area contributed by atoms with Crippen LogP contribution in [0.5, 0.6) is 11.5 Å². The normalized spacial score (nSPS) is 23.3. The molecule has 2 saturated carbocycles. The predicted molar refractivity (Wildman–Crippen MR) is 192 cm³/mol. The van der Waals surface area contributed by atoms with Crippen molar-refractivity contribution >= 4 is 22.7 Å². The van der Waals surface area contributed by atoms with E-state index < -0.39 is 28.8 Å². The second-order valence-electron chi connectivity index (χ2n) is 14.3. The van der Waals surface area contributed by atoms with Gasteiger partial charge in [-0.15, -0.1) is 12.8 Å². The number of ether oxygens (including phenoxy) is 2. The van der Waals surface area contributed by atoms with Crippen LogP contribution < -0.4 is 9.47 Å². The zero-order valence-corrected chi connectivity index (χ0v) is 30.8. The van der Waals surface area contributed by atoms with Gasteiger partial charge in [0.25, 0.3) is 0 Å². The van der Waals surface area contributed by atoms with E-state index >= 15 is 0 Å². The minimum Gasteiger partial charge on any atom is -0.490 e. The highest BCUT2D eigenvalue weighted by Gasteiger charge is 2.35. The molecule has 48 heavy (non-hydrogen) atoms. The molecular formula is C38H52O8S2. The molecule has 8 nitrogen and oxygen atoms in total. The topological polar surface area (TPSA) is 101 Å². The van der Waals surface area contributed by atoms with Gasteiger partial charge < -0.3 is 9.47 Å². The van der Waals surface area contributed by atoms with E-state index in [1.807, 2.05) is 24.3 Å². The Morgan fingerprint density at radius 1 is 0.750 bits per heavy atom. The van der Waals surface area contributed by atoms with Gasteiger partial charge in [0.05, 0.1) is 0 Å². The van der Waals surface area contributed by atoms with E-state index in [1.54, 1.807) is 0 Å². The monoisotopic (exact) mass is 700 g/mol. The van der Waals surface area contributed by atoms with Crippen molar-refractivity contribution in [3.8, 4) is 36.2 Å². The molecule has 0 spiro atoms. The van der Waals surface area contributed by atoms with Crippen LogP contribution in [0.2, 0.25) is 0 Å². The Labute approximate surface area is 293 Å². The number of benzene rings is 2. The lowest BCUT2D eigenvalue weighted by Crippen LogP contribution is -2.39. The maximum atomic E-state index is 11.7. The van der Waals surface area contributed by atoms with E-state index in [0.717, 1.165) is 62.9 Å². The highest BCUT2D eigenvalue weighted by molar-refractivity contribution is 7.75. The average molecular weight is 701 g/mol. The van der Waals surface area contributed by atoms with E-state index in [4.69, 9.17) is 39.4 Å². The summed E-state index contributed by atoms with van der Waals surface area (Å²) in [5.74, 6) is 6.29. The molecule has 2 aliphatic rings. The zero-order valence-electron chi connectivity index (χ0n) is 29.1. The van der Waals surface area contributed by atoms with Gasteiger partial charge in [-0.05, 0) is 84.7 Å². The first-order valence-electron chi connectivity index (χ1n) is 16.7. The molecule has 0 aromatic heterocycles. The Bertz CT molecular complexity index is 1400. The first kappa shape index (κ1) is 39.7. The summed E-state index contributed by atoms with van der Waals surface area (Å²) in [6, 6.07) is 16.2. The highest BCUT2D eigenvalue weighted by atomic mass is 32.2. The van der Waals surface area contributed by atoms with E-state index in [2.05, 4.69) is 77.6 Å². The van der Waals surface area contributed by atoms with Crippen molar-refractivity contribution in [2.24, 2.45) is 5.92 Å². The lowest BCUT2D eigenvalue weighted by Gasteiger charge is -2.34. The third-order valence-electron chi connectivity index (χ3n) is 8.59. The van der Waals surface area contributed by atoms with Gasteiger partial charge in [-0.25, -0.2) is 0 Å². The zero-order chi connectivity index (χ0) is 35.3. The minimum atomic E-state index is -2.37. The van der Waals surface area contributed by atoms with Crippen LogP contribution in [-0.2, 0) is 46.1 Å². The summed E-state index contributed by atoms with van der Waals surface area (Å²) in [6.07, 6.45) is 16.9. The maximum Gasteiger partial charge on any atom is 0.305 e. The van der Waals surface area contributed by atoms with Crippen molar-refractivity contribution < 1.29 is 35.0 Å². The summed E-state index contributed by atoms with van der Waals surface area (Å²) in [5.41, 5.74) is 2.71. The quantitative estimate of drug-likeness (QED) is 0.186. The fraction of sp³-hybridized carbons (Fsp3) is 0.579. The van der Waals surface area contributed by atoms with E-state index in [0.29, 0.717) is 0 Å². The Hall–Kier alpha value is -2.70. The first-order valence-corrected chi connectivity index (χ1v) is 18.7. The van der Waals surface area contributed by atoms with Crippen LogP contribution in [0.4, 0.5) is 0 Å². The molecule has 2 aromatic carbocycles. The van der Waals surface area contributed by atoms with Crippen molar-refractivity contribution in [3.63, 3.8) is 0 Å². The third-order valence-corrected chi connectivity index (χ3v) is 9.68. The van der Waals surface area contributed by atoms with E-state index in [9.17, 15) is 8.42 Å². The van der Waals surface area contributed by atoms with Gasteiger partial charge in [0, 0.05) is 5.92 Å². The number of terminal acetylenes is 2. The van der Waals surface area contributed by atoms with Crippen LogP contribution in [0.3, 0.4) is 0 Å². The molecule has 0 heterocycles. The number of hydrogen-bond acceptors (Lipinski definition) is 7. The Kier molecular flexibility index (Phi) is 15.6. The smallest absolute Gasteiger partial charge is 0.305 e. The second kappa shape index (κ2) is 18.9. The lowest BCUT2D eigenvalue weighted by molar-refractivity contribution is 0.0239. The molecule has 0 radical (unpaired) electrons. The van der Waals surface area contributed by atoms with Crippen molar-refractivity contribution in [3.05, 3.63) is 59.7 Å². The largest absolute Gasteiger partial charge is 0.490 e. The summed E-state index contributed by atoms with van der Waals surface area (Å²) >= 11 is -4.20. The summed E-state index contributed by atoms with van der Waals surface area (Å²) in [5, 5.41) is 0. The van der Waals surface area contributed by atoms with Crippen molar-refractivity contribution in [2.45, 2.75) is 128 Å². The molecule has 0 saturated heterocycles. The van der Waals surface area contributed by atoms with Crippen LogP contribution in [0.15, 0.2) is 48.5 Å². The molecule has 4 rings (SSSR count). The van der Waals surface area contributed by atoms with Gasteiger partial charge in [-0.1, -0.05) is 90.5 Å². The number of rotatable bonds is 11. The van der Waals surface area contributed by atoms with Crippen LogP contribution in [-0.4, -0.2) is 44.0 Å². The third kappa shape index (κ3) is 13.0. The summed E-state index contributed by atoms with van der Waals surface area (Å²) in [6.45, 7) is 13.0. The Morgan fingerprint density at radius 3 is 1.67 bits per heavy atom. The van der Waals surface area contributed by atoms with Gasteiger partial charge in [0.1, 0.15) is 42.5 Å². The average Bonchev–Trinajstić information content (AvgIpc) is 3.04. The molecule has 2 fully saturated rings. The van der Waals surface area contributed by atoms with Crippen LogP contribution in [0.1, 0.15) is 104 Å². The van der Waals surface area contributed by atoms with Crippen molar-refractivity contribution in [1.29, 1.82) is 0 Å². The number of hydrogen-bond donors (Lipinski definition) is 1. The van der Waals surface area contributed by atoms with Crippen LogP contribution in [0.25, 0.3) is 0 Å². The molecule has 2 aliphatic carbocycles. The van der Waals surface area contributed by atoms with Gasteiger partial charge in [0.15, 0.2) is 0 Å². The minimum absolute atomic E-state index is 0.0287. The highest BCUT2D eigenvalue weighted by Crippen LogP contribution is 2.33. The molecule has 1 N–H and O–H groups in total. The molecule has 264 valence electrons. The molecule has 2 aromatic rings. The molecule has 0 amide bonds. The fourth-order valence-corrected chi connectivity index (χ4v) is 6.88. The second-order valence-corrected chi connectivity index (χ2v) is 15.8. The van der Waals surface area contributed by atoms with Crippen molar-refractivity contribution in [1.82, 2.24) is 0 Å². The first-order chi connectivity index (χ1) is 22.7. The van der Waals surface area contributed by atoms with Crippen LogP contribution in [0, 0.1) is 30.6 Å². The molecule has 7 atom stereocenters. The summed E-state index contributed by atoms with van der Waals surface area (Å²) < 4.78 is 59.3. The van der Waals surface area contributed by atoms with Gasteiger partial charge >= 0.3 is 22.7 Å². The predicted octanol–water partition coefficient (Wildman–Crippen LogP) is 8.00. The lowest BCUT2D eigenvalue weighted by atomic mass is 9.82. The Morgan fingerprint density at radius 2 is 1.21 bits per heavy atom. The van der Waals surface area contributed by atoms with Crippen LogP contribution >= 0.6 is 0 Å². The SMILES string of the molecule is C#CC(OS(=O)O)C1CCCCC1Oc1ccc(C(C)(C)C)cc1.C#CCOS(=O)OC1CCCCC1Oc1ccc(C(C)(C)C)cc1. The van der Waals surface area contributed by atoms with Gasteiger partial charge in [-0.2, -0.15) is 8.42 Å². The molecular weight excluding hydrogens is 649 g/mol. The molecule has 10 heteroatoms. The maximum absolute atomic E-state index is 11.7. The van der Waals surface area contributed by atoms with E-state index in [-0.39, 0.29) is 41.7 Å². The standard InChI is InChI=1S/2C19H26O4S/c1-5-17(23-24(20)21)16-8-6-7-9-18(16)22-15-12-10-14(11-13-15)19(2,3)4;1-5-14-21-24(20)23-18-9-7-6-8-17(18)22-16-12-10-15(11-13-16)19(2,3)4/h1,10-13,16-18H,6-9H2,2-4H3,(H,20,21);1,10-13,17-18H,6-9,14H2,2-4H3. The summed E-state index contributed by atoms with van der Waals surface area (Å²) in [4.78, 5) is 0.